The number of hydrogen-bond acceptors (Lipinski definition) is 4. The quantitative estimate of drug-likeness (QED) is 0.851. The summed E-state index contributed by atoms with van der Waals surface area (Å²) in [5.74, 6) is -0.118. The van der Waals surface area contributed by atoms with Crippen LogP contribution in [0, 0.1) is 0 Å². The van der Waals surface area contributed by atoms with Crippen molar-refractivity contribution in [1.29, 1.82) is 0 Å². The van der Waals surface area contributed by atoms with Gasteiger partial charge in [0.15, 0.2) is 0 Å². The molecule has 6 nitrogen and oxygen atoms in total. The van der Waals surface area contributed by atoms with Crippen LogP contribution in [0.1, 0.15) is 38.2 Å². The number of fused-ring (bicyclic) bond motifs is 1. The number of sulfonamides is 1. The summed E-state index contributed by atoms with van der Waals surface area (Å²) < 4.78 is 28.3. The average molecular weight is 312 g/mol. The summed E-state index contributed by atoms with van der Waals surface area (Å²) in [7, 11) is -3.79. The summed E-state index contributed by atoms with van der Waals surface area (Å²) >= 11 is 0. The maximum atomic E-state index is 12.3. The van der Waals surface area contributed by atoms with Gasteiger partial charge in [0.2, 0.25) is 15.9 Å². The molecule has 0 aromatic heterocycles. The normalized spacial score (nSPS) is 18.7. The number of nitrogens with one attached hydrogen (secondary N) is 1. The molecule has 0 saturated heterocycles. The van der Waals surface area contributed by atoms with E-state index < -0.39 is 15.9 Å². The van der Waals surface area contributed by atoms with Crippen molar-refractivity contribution in [3.63, 3.8) is 0 Å². The first-order chi connectivity index (χ1) is 9.82. The second kappa shape index (κ2) is 6.03. The Balaban J connectivity index is 2.22. The van der Waals surface area contributed by atoms with E-state index in [9.17, 15) is 13.2 Å². The molecule has 7 heteroatoms. The van der Waals surface area contributed by atoms with Crippen LogP contribution < -0.4 is 15.2 Å². The van der Waals surface area contributed by atoms with Crippen LogP contribution in [-0.4, -0.2) is 27.0 Å². The average Bonchev–Trinajstić information content (AvgIpc) is 2.80. The Labute approximate surface area is 124 Å². The largest absolute Gasteiger partial charge is 0.492 e. The van der Waals surface area contributed by atoms with E-state index >= 15 is 0 Å². The van der Waals surface area contributed by atoms with E-state index in [1.54, 1.807) is 0 Å². The highest BCUT2D eigenvalue weighted by molar-refractivity contribution is 7.89. The fraction of sp³-hybridized carbons (Fsp3) is 0.500. The minimum absolute atomic E-state index is 0.00819. The van der Waals surface area contributed by atoms with Gasteiger partial charge in [0.25, 0.3) is 0 Å². The molecule has 1 aliphatic heterocycles. The number of hydrogen-bond donors (Lipinski definition) is 2. The van der Waals surface area contributed by atoms with Gasteiger partial charge in [-0.2, -0.15) is 0 Å². The third kappa shape index (κ3) is 3.54. The minimum Gasteiger partial charge on any atom is -0.492 e. The summed E-state index contributed by atoms with van der Waals surface area (Å²) in [5.41, 5.74) is 0.572. The number of carbonyl (C=O) groups excluding carboxylic acids is 1. The molecule has 0 fully saturated rings. The number of ether oxygens (including phenoxy) is 1. The van der Waals surface area contributed by atoms with Crippen molar-refractivity contribution in [1.82, 2.24) is 5.32 Å². The Kier molecular flexibility index (Phi) is 4.53. The van der Waals surface area contributed by atoms with E-state index in [0.717, 1.165) is 12.8 Å². The van der Waals surface area contributed by atoms with Crippen LogP contribution in [0.5, 0.6) is 5.75 Å². The van der Waals surface area contributed by atoms with Crippen LogP contribution in [0.25, 0.3) is 0 Å². The molecule has 2 unspecified atom stereocenters. The summed E-state index contributed by atoms with van der Waals surface area (Å²) in [5, 5.41) is 8.05. The number of rotatable bonds is 5. The van der Waals surface area contributed by atoms with Crippen molar-refractivity contribution >= 4 is 15.9 Å². The van der Waals surface area contributed by atoms with Crippen molar-refractivity contribution in [2.45, 2.75) is 43.5 Å². The van der Waals surface area contributed by atoms with Crippen LogP contribution in [0.2, 0.25) is 0 Å². The molecule has 21 heavy (non-hydrogen) atoms. The summed E-state index contributed by atoms with van der Waals surface area (Å²) in [6, 6.07) is 4.42. The number of primary sulfonamides is 1. The maximum absolute atomic E-state index is 12.3. The molecular weight excluding hydrogens is 292 g/mol. The Bertz CT molecular complexity index is 642. The molecule has 116 valence electrons. The molecule has 2 atom stereocenters. The smallest absolute Gasteiger partial charge is 0.238 e. The lowest BCUT2D eigenvalue weighted by Gasteiger charge is -2.16. The maximum Gasteiger partial charge on any atom is 0.238 e. The van der Waals surface area contributed by atoms with E-state index in [0.29, 0.717) is 11.3 Å². The van der Waals surface area contributed by atoms with Gasteiger partial charge in [0, 0.05) is 11.6 Å². The van der Waals surface area contributed by atoms with Crippen LogP contribution in [0.3, 0.4) is 0 Å². The molecule has 1 amide bonds. The van der Waals surface area contributed by atoms with Crippen molar-refractivity contribution in [2.24, 2.45) is 5.14 Å². The van der Waals surface area contributed by atoms with Gasteiger partial charge < -0.3 is 10.1 Å². The van der Waals surface area contributed by atoms with Gasteiger partial charge in [-0.3, -0.25) is 4.79 Å². The first kappa shape index (κ1) is 15.8. The Hall–Kier alpha value is -1.60. The van der Waals surface area contributed by atoms with E-state index in [2.05, 4.69) is 12.2 Å². The molecule has 0 saturated carbocycles. The van der Waals surface area contributed by atoms with Crippen LogP contribution >= 0.6 is 0 Å². The second-order valence-corrected chi connectivity index (χ2v) is 6.87. The standard InChI is InChI=1S/C14H20N2O4S/c1-3-4-9(2)16-14(17)12-8-20-13-6-5-10(7-11(12)13)21(15,18)19/h5-7,9,12H,3-4,8H2,1-2H3,(H,16,17)(H2,15,18,19). The summed E-state index contributed by atoms with van der Waals surface area (Å²) in [6.07, 6.45) is 1.87. The minimum atomic E-state index is -3.79. The van der Waals surface area contributed by atoms with E-state index in [4.69, 9.17) is 9.88 Å². The molecular formula is C14H20N2O4S. The Morgan fingerprint density at radius 1 is 1.52 bits per heavy atom. The number of nitrogens with two attached hydrogens (primary N) is 1. The molecule has 0 radical (unpaired) electrons. The first-order valence-electron chi connectivity index (χ1n) is 6.93. The molecule has 0 bridgehead atoms. The predicted molar refractivity (Wildman–Crippen MR) is 78.6 cm³/mol. The van der Waals surface area contributed by atoms with Crippen molar-refractivity contribution in [3.8, 4) is 5.75 Å². The predicted octanol–water partition coefficient (Wildman–Crippen LogP) is 1.11. The third-order valence-electron chi connectivity index (χ3n) is 3.52. The van der Waals surface area contributed by atoms with E-state index in [-0.39, 0.29) is 23.5 Å². The molecule has 0 aliphatic carbocycles. The fourth-order valence-corrected chi connectivity index (χ4v) is 2.98. The van der Waals surface area contributed by atoms with Crippen LogP contribution in [0.15, 0.2) is 23.1 Å². The summed E-state index contributed by atoms with van der Waals surface area (Å²) in [6.45, 7) is 4.21. The molecule has 1 aromatic carbocycles. The molecule has 0 spiro atoms. The zero-order chi connectivity index (χ0) is 15.6. The lowest BCUT2D eigenvalue weighted by molar-refractivity contribution is -0.123. The molecule has 2 rings (SSSR count). The van der Waals surface area contributed by atoms with Crippen molar-refractivity contribution in [2.75, 3.05) is 6.61 Å². The lowest BCUT2D eigenvalue weighted by atomic mass is 10.00. The second-order valence-electron chi connectivity index (χ2n) is 5.31. The van der Waals surface area contributed by atoms with Crippen molar-refractivity contribution in [3.05, 3.63) is 23.8 Å². The van der Waals surface area contributed by atoms with Gasteiger partial charge in [0.05, 0.1) is 4.90 Å². The van der Waals surface area contributed by atoms with E-state index in [1.807, 2.05) is 6.92 Å². The fourth-order valence-electron chi connectivity index (χ4n) is 2.44. The Morgan fingerprint density at radius 2 is 2.24 bits per heavy atom. The molecule has 1 heterocycles. The van der Waals surface area contributed by atoms with Crippen molar-refractivity contribution < 1.29 is 17.9 Å². The van der Waals surface area contributed by atoms with Gasteiger partial charge in [-0.1, -0.05) is 13.3 Å². The number of carbonyl (C=O) groups is 1. The lowest BCUT2D eigenvalue weighted by Crippen LogP contribution is -2.36. The van der Waals surface area contributed by atoms with Gasteiger partial charge >= 0.3 is 0 Å². The number of benzene rings is 1. The van der Waals surface area contributed by atoms with Crippen LogP contribution in [-0.2, 0) is 14.8 Å². The topological polar surface area (TPSA) is 98.5 Å². The SMILES string of the molecule is CCCC(C)NC(=O)C1COc2ccc(S(N)(=O)=O)cc21. The van der Waals surface area contributed by atoms with Gasteiger partial charge in [0.1, 0.15) is 18.3 Å². The molecule has 1 aliphatic rings. The molecule has 3 N–H and O–H groups in total. The third-order valence-corrected chi connectivity index (χ3v) is 4.43. The highest BCUT2D eigenvalue weighted by Gasteiger charge is 2.32. The van der Waals surface area contributed by atoms with Gasteiger partial charge in [-0.05, 0) is 31.5 Å². The number of amides is 1. The highest BCUT2D eigenvalue weighted by atomic mass is 32.2. The molecule has 1 aromatic rings. The monoisotopic (exact) mass is 312 g/mol. The highest BCUT2D eigenvalue weighted by Crippen LogP contribution is 2.35. The zero-order valence-electron chi connectivity index (χ0n) is 12.1. The summed E-state index contributed by atoms with van der Waals surface area (Å²) in [4.78, 5) is 12.3. The van der Waals surface area contributed by atoms with E-state index in [1.165, 1.54) is 18.2 Å². The first-order valence-corrected chi connectivity index (χ1v) is 8.47. The van der Waals surface area contributed by atoms with Gasteiger partial charge in [-0.15, -0.1) is 0 Å². The van der Waals surface area contributed by atoms with Gasteiger partial charge in [-0.25, -0.2) is 13.6 Å². The Morgan fingerprint density at radius 3 is 2.86 bits per heavy atom. The zero-order valence-corrected chi connectivity index (χ0v) is 12.9. The van der Waals surface area contributed by atoms with Crippen LogP contribution in [0.4, 0.5) is 0 Å².